The number of phenols is 1. The third-order valence-corrected chi connectivity index (χ3v) is 14.0. The number of phenolic OH excluding ortho intramolecular Hbond substituents is 1. The number of nitrogens with one attached hydrogen (secondary N) is 9. The lowest BCUT2D eigenvalue weighted by atomic mass is 10.0. The molecule has 31 heteroatoms. The van der Waals surface area contributed by atoms with Crippen LogP contribution in [0.1, 0.15) is 122 Å². The summed E-state index contributed by atoms with van der Waals surface area (Å²) in [6.45, 7) is 2.80. The number of nitrogens with zero attached hydrogens (tertiary/aromatic N) is 2. The standard InChI is InChI=1S/C55H96N18O13/c1-33(2)46(54(86)65-30-43(75)64-32-45(77)78)72-52(84)40(16-6-10-26-59)69-51(83)41(17-11-27-63-55(61)62)70-49(81)38(14-4-8-24-57)67-48(80)37(13-3-7-23-56)68-50(82)39(15-5-9-25-58)71-53(85)42-18-12-28-73(42)44(76)31-66-47(79)36(60)29-34-19-21-35(74)22-20-34/h19-22,33,36-42,46,74H,3-18,23-32,56-60H2,1-2H3,(H,64,75)(H,65,86)(H,66,79)(H,67,80)(H,68,82)(H,69,83)(H,70,81)(H,71,85)(H,72,84)(H,77,78)(H4,61,62,63)/t36-,37-,38-,39-,40-,41-,42-,46-/m0/s1. The number of unbranched alkanes of at least 4 members (excludes halogenated alkanes) is 4. The molecule has 0 spiro atoms. The van der Waals surface area contributed by atoms with Gasteiger partial charge in [-0.15, -0.1) is 0 Å². The fourth-order valence-electron chi connectivity index (χ4n) is 9.19. The Morgan fingerprint density at radius 3 is 1.42 bits per heavy atom. The zero-order valence-corrected chi connectivity index (χ0v) is 49.7. The van der Waals surface area contributed by atoms with Crippen molar-refractivity contribution < 1.29 is 63.0 Å². The van der Waals surface area contributed by atoms with Crippen molar-refractivity contribution in [3.8, 4) is 5.75 Å². The van der Waals surface area contributed by atoms with Crippen LogP contribution in [-0.2, 0) is 59.2 Å². The monoisotopic (exact) mass is 1220 g/mol. The van der Waals surface area contributed by atoms with Gasteiger partial charge in [0.25, 0.3) is 0 Å². The maximum Gasteiger partial charge on any atom is 0.322 e. The minimum atomic E-state index is -1.37. The Labute approximate surface area is 502 Å². The molecule has 2 rings (SSSR count). The summed E-state index contributed by atoms with van der Waals surface area (Å²) >= 11 is 0. The summed E-state index contributed by atoms with van der Waals surface area (Å²) in [6.07, 6.45) is 4.37. The lowest BCUT2D eigenvalue weighted by Crippen LogP contribution is -2.60. The van der Waals surface area contributed by atoms with Crippen molar-refractivity contribution in [2.45, 2.75) is 171 Å². The summed E-state index contributed by atoms with van der Waals surface area (Å²) in [5.41, 5.74) is 41.1. The number of carboxylic acid groups (broad SMARTS) is 1. The summed E-state index contributed by atoms with van der Waals surface area (Å²) in [6, 6.07) is -3.53. The van der Waals surface area contributed by atoms with Crippen LogP contribution in [0.15, 0.2) is 29.3 Å². The SMILES string of the molecule is CC(C)[C@H](NC(=O)[C@H](CCCCN)NC(=O)[C@H](CCCN=C(N)N)NC(=O)[C@H](CCCCN)NC(=O)[C@H](CCCCN)NC(=O)[C@H](CCCCN)NC(=O)[C@@H]1CCCN1C(=O)CNC(=O)[C@@H](N)Cc1ccc(O)cc1)C(=O)NCC(=O)NCC(=O)O. The van der Waals surface area contributed by atoms with Gasteiger partial charge in [-0.2, -0.15) is 0 Å². The molecule has 1 aromatic carbocycles. The van der Waals surface area contributed by atoms with Crippen molar-refractivity contribution in [1.29, 1.82) is 0 Å². The van der Waals surface area contributed by atoms with Crippen molar-refractivity contribution in [1.82, 2.24) is 52.8 Å². The van der Waals surface area contributed by atoms with Gasteiger partial charge < -0.3 is 103 Å². The Morgan fingerprint density at radius 2 is 0.988 bits per heavy atom. The van der Waals surface area contributed by atoms with E-state index in [0.717, 1.165) is 0 Å². The highest BCUT2D eigenvalue weighted by Crippen LogP contribution is 2.19. The molecule has 484 valence electrons. The molecule has 10 amide bonds. The molecular weight excluding hydrogens is 1120 g/mol. The molecule has 1 aliphatic rings. The van der Waals surface area contributed by atoms with E-state index in [1.165, 1.54) is 17.0 Å². The number of aliphatic carboxylic acids is 1. The van der Waals surface area contributed by atoms with Crippen molar-refractivity contribution in [3.63, 3.8) is 0 Å². The van der Waals surface area contributed by atoms with E-state index in [9.17, 15) is 57.8 Å². The third-order valence-electron chi connectivity index (χ3n) is 14.0. The number of benzene rings is 1. The van der Waals surface area contributed by atoms with E-state index >= 15 is 0 Å². The van der Waals surface area contributed by atoms with E-state index in [1.54, 1.807) is 26.0 Å². The summed E-state index contributed by atoms with van der Waals surface area (Å²) in [4.78, 5) is 154. The number of hydrogen-bond donors (Lipinski definition) is 18. The lowest BCUT2D eigenvalue weighted by Gasteiger charge is -2.29. The number of nitrogens with two attached hydrogens (primary N) is 7. The number of rotatable bonds is 43. The van der Waals surface area contributed by atoms with Gasteiger partial charge in [-0.1, -0.05) is 26.0 Å². The molecule has 1 saturated heterocycles. The molecule has 25 N–H and O–H groups in total. The number of aliphatic imine (C=N–C) groups is 1. The van der Waals surface area contributed by atoms with E-state index in [4.69, 9.17) is 45.2 Å². The quantitative estimate of drug-likeness (QED) is 0.0165. The first kappa shape index (κ1) is 74.4. The average molecular weight is 1220 g/mol. The smallest absolute Gasteiger partial charge is 0.322 e. The number of carbonyl (C=O) groups is 11. The number of carbonyl (C=O) groups excluding carboxylic acids is 10. The Balaban J connectivity index is 2.39. The second-order valence-electron chi connectivity index (χ2n) is 21.5. The van der Waals surface area contributed by atoms with Crippen molar-refractivity contribution >= 4 is 71.0 Å². The maximum atomic E-state index is 14.5. The molecule has 86 heavy (non-hydrogen) atoms. The number of guanidine groups is 1. The van der Waals surface area contributed by atoms with E-state index in [-0.39, 0.29) is 102 Å². The van der Waals surface area contributed by atoms with Crippen molar-refractivity contribution in [2.75, 3.05) is 58.9 Å². The Morgan fingerprint density at radius 1 is 0.558 bits per heavy atom. The predicted molar refractivity (Wildman–Crippen MR) is 319 cm³/mol. The van der Waals surface area contributed by atoms with E-state index in [2.05, 4.69) is 52.8 Å². The number of aromatic hydroxyl groups is 1. The molecule has 0 unspecified atom stereocenters. The third kappa shape index (κ3) is 28.9. The first-order valence-corrected chi connectivity index (χ1v) is 29.5. The highest BCUT2D eigenvalue weighted by atomic mass is 16.4. The molecule has 1 aliphatic heterocycles. The van der Waals surface area contributed by atoms with Crippen LogP contribution in [0.4, 0.5) is 0 Å². The molecule has 0 aliphatic carbocycles. The Kier molecular flexibility index (Phi) is 35.7. The van der Waals surface area contributed by atoms with Crippen LogP contribution in [0.2, 0.25) is 0 Å². The van der Waals surface area contributed by atoms with E-state index < -0.39 is 139 Å². The second-order valence-corrected chi connectivity index (χ2v) is 21.5. The number of likely N-dealkylation sites (tertiary alicyclic amines) is 1. The minimum absolute atomic E-state index is 0.0231. The van der Waals surface area contributed by atoms with Crippen LogP contribution in [0.5, 0.6) is 5.75 Å². The topological polar surface area (TPSA) is 534 Å². The highest BCUT2D eigenvalue weighted by Gasteiger charge is 2.38. The van der Waals surface area contributed by atoms with Gasteiger partial charge in [0.2, 0.25) is 59.1 Å². The summed E-state index contributed by atoms with van der Waals surface area (Å²) in [7, 11) is 0. The van der Waals surface area contributed by atoms with Gasteiger partial charge in [0.15, 0.2) is 5.96 Å². The van der Waals surface area contributed by atoms with Gasteiger partial charge in [-0.25, -0.2) is 0 Å². The molecule has 0 bridgehead atoms. The zero-order chi connectivity index (χ0) is 64.1. The van der Waals surface area contributed by atoms with Gasteiger partial charge in [0.1, 0.15) is 54.6 Å². The van der Waals surface area contributed by atoms with Gasteiger partial charge in [-0.05, 0) is 159 Å². The number of hydrogen-bond acceptors (Lipinski definition) is 18. The summed E-state index contributed by atoms with van der Waals surface area (Å²) in [5, 5.41) is 41.8. The van der Waals surface area contributed by atoms with E-state index in [0.29, 0.717) is 63.4 Å². The normalized spacial score (nSPS) is 15.3. The summed E-state index contributed by atoms with van der Waals surface area (Å²) in [5.74, 6) is -9.27. The van der Waals surface area contributed by atoms with Crippen LogP contribution in [0.3, 0.4) is 0 Å². The largest absolute Gasteiger partial charge is 0.508 e. The fraction of sp³-hybridized carbons (Fsp3) is 0.673. The molecule has 8 atom stereocenters. The first-order chi connectivity index (χ1) is 41.0. The van der Waals surface area contributed by atoms with Crippen LogP contribution < -0.4 is 88.0 Å². The minimum Gasteiger partial charge on any atom is -0.508 e. The van der Waals surface area contributed by atoms with Crippen LogP contribution in [0, 0.1) is 5.92 Å². The number of amides is 10. The first-order valence-electron chi connectivity index (χ1n) is 29.5. The molecule has 0 radical (unpaired) electrons. The van der Waals surface area contributed by atoms with Gasteiger partial charge >= 0.3 is 5.97 Å². The number of carboxylic acids is 1. The molecule has 31 nitrogen and oxygen atoms in total. The Hall–Kier alpha value is -7.74. The highest BCUT2D eigenvalue weighted by molar-refractivity contribution is 5.98. The van der Waals surface area contributed by atoms with Gasteiger partial charge in [0.05, 0.1) is 19.1 Å². The van der Waals surface area contributed by atoms with Crippen molar-refractivity contribution in [2.24, 2.45) is 51.0 Å². The van der Waals surface area contributed by atoms with E-state index in [1.807, 2.05) is 0 Å². The molecular formula is C55H96N18O13. The van der Waals surface area contributed by atoms with Gasteiger partial charge in [-0.3, -0.25) is 57.7 Å². The van der Waals surface area contributed by atoms with Crippen molar-refractivity contribution in [3.05, 3.63) is 29.8 Å². The molecule has 1 aromatic rings. The van der Waals surface area contributed by atoms with Gasteiger partial charge in [0, 0.05) is 13.1 Å². The van der Waals surface area contributed by atoms with Crippen LogP contribution in [0.25, 0.3) is 0 Å². The molecule has 0 aromatic heterocycles. The zero-order valence-electron chi connectivity index (χ0n) is 49.7. The molecule has 0 saturated carbocycles. The average Bonchev–Trinajstić information content (AvgIpc) is 3.87. The maximum absolute atomic E-state index is 14.5. The lowest BCUT2D eigenvalue weighted by molar-refractivity contribution is -0.140. The molecule has 1 fully saturated rings. The molecule has 1 heterocycles. The summed E-state index contributed by atoms with van der Waals surface area (Å²) < 4.78 is 0. The van der Waals surface area contributed by atoms with Crippen LogP contribution >= 0.6 is 0 Å². The van der Waals surface area contributed by atoms with Crippen LogP contribution in [-0.4, -0.2) is 193 Å². The predicted octanol–water partition coefficient (Wildman–Crippen LogP) is -5.18. The second kappa shape index (κ2) is 41.3. The fourth-order valence-corrected chi connectivity index (χ4v) is 9.19. The Bertz CT molecular complexity index is 2380.